The molecular weight excluding hydrogens is 242 g/mol. The fraction of sp³-hybridized carbons (Fsp3) is 0.600. The highest BCUT2D eigenvalue weighted by Gasteiger charge is 2.35. The fourth-order valence-corrected chi connectivity index (χ4v) is 2.84. The molecular formula is C15H21NO3. The molecule has 3 unspecified atom stereocenters. The summed E-state index contributed by atoms with van der Waals surface area (Å²) in [6.45, 7) is 4.53. The number of hydrogen-bond acceptors (Lipinski definition) is 4. The van der Waals surface area contributed by atoms with Crippen molar-refractivity contribution in [3.05, 3.63) is 29.8 Å². The summed E-state index contributed by atoms with van der Waals surface area (Å²) in [6, 6.07) is 8.35. The number of hydrogen-bond donors (Lipinski definition) is 2. The molecule has 1 aromatic rings. The Kier molecular flexibility index (Phi) is 3.48. The van der Waals surface area contributed by atoms with Gasteiger partial charge in [0.25, 0.3) is 0 Å². The third kappa shape index (κ3) is 2.61. The van der Waals surface area contributed by atoms with E-state index in [1.807, 2.05) is 18.2 Å². The van der Waals surface area contributed by atoms with Crippen LogP contribution in [0.5, 0.6) is 5.75 Å². The van der Waals surface area contributed by atoms with Crippen LogP contribution < -0.4 is 10.1 Å². The van der Waals surface area contributed by atoms with Gasteiger partial charge in [-0.2, -0.15) is 0 Å². The molecule has 104 valence electrons. The van der Waals surface area contributed by atoms with E-state index in [9.17, 15) is 5.11 Å². The Hall–Kier alpha value is -1.10. The highest BCUT2D eigenvalue weighted by atomic mass is 16.5. The summed E-state index contributed by atoms with van der Waals surface area (Å²) in [5, 5.41) is 13.8. The van der Waals surface area contributed by atoms with Gasteiger partial charge in [-0.15, -0.1) is 0 Å². The summed E-state index contributed by atoms with van der Waals surface area (Å²) in [6.07, 6.45) is 0.708. The van der Waals surface area contributed by atoms with Crippen LogP contribution in [0.3, 0.4) is 0 Å². The minimum atomic E-state index is -0.715. The molecule has 2 aliphatic heterocycles. The lowest BCUT2D eigenvalue weighted by atomic mass is 9.91. The number of para-hydroxylation sites is 1. The van der Waals surface area contributed by atoms with Gasteiger partial charge in [0.15, 0.2) is 0 Å². The maximum atomic E-state index is 10.3. The zero-order chi connectivity index (χ0) is 13.3. The molecule has 0 spiro atoms. The average Bonchev–Trinajstić information content (AvgIpc) is 2.85. The second-order valence-electron chi connectivity index (χ2n) is 5.71. The number of benzene rings is 1. The van der Waals surface area contributed by atoms with Crippen LogP contribution in [-0.2, 0) is 4.74 Å². The van der Waals surface area contributed by atoms with Gasteiger partial charge in [-0.25, -0.2) is 0 Å². The van der Waals surface area contributed by atoms with Crippen LogP contribution in [-0.4, -0.2) is 37.1 Å². The summed E-state index contributed by atoms with van der Waals surface area (Å²) >= 11 is 0. The van der Waals surface area contributed by atoms with E-state index < -0.39 is 5.60 Å². The van der Waals surface area contributed by atoms with E-state index in [0.717, 1.165) is 5.75 Å². The van der Waals surface area contributed by atoms with E-state index in [4.69, 9.17) is 9.47 Å². The summed E-state index contributed by atoms with van der Waals surface area (Å²) in [5.74, 6) is 1.34. The molecule has 1 aromatic carbocycles. The molecule has 0 aromatic heterocycles. The largest absolute Gasteiger partial charge is 0.493 e. The van der Waals surface area contributed by atoms with E-state index in [0.29, 0.717) is 38.7 Å². The van der Waals surface area contributed by atoms with Gasteiger partial charge < -0.3 is 19.9 Å². The van der Waals surface area contributed by atoms with E-state index in [-0.39, 0.29) is 6.04 Å². The van der Waals surface area contributed by atoms with E-state index >= 15 is 0 Å². The second-order valence-corrected chi connectivity index (χ2v) is 5.71. The molecule has 3 atom stereocenters. The summed E-state index contributed by atoms with van der Waals surface area (Å²) in [7, 11) is 0. The molecule has 4 heteroatoms. The molecule has 19 heavy (non-hydrogen) atoms. The molecule has 0 amide bonds. The minimum Gasteiger partial charge on any atom is -0.493 e. The van der Waals surface area contributed by atoms with Gasteiger partial charge in [0.1, 0.15) is 11.4 Å². The minimum absolute atomic E-state index is 0.231. The molecule has 3 rings (SSSR count). The summed E-state index contributed by atoms with van der Waals surface area (Å²) in [5.41, 5.74) is 0.469. The van der Waals surface area contributed by atoms with Gasteiger partial charge in [-0.1, -0.05) is 25.1 Å². The van der Waals surface area contributed by atoms with Crippen molar-refractivity contribution in [2.75, 3.05) is 26.4 Å². The van der Waals surface area contributed by atoms with E-state index in [1.54, 1.807) is 0 Å². The van der Waals surface area contributed by atoms with Crippen LogP contribution >= 0.6 is 0 Å². The number of aliphatic hydroxyl groups is 1. The molecule has 2 heterocycles. The van der Waals surface area contributed by atoms with Gasteiger partial charge in [-0.3, -0.25) is 0 Å². The predicted octanol–water partition coefficient (Wildman–Crippen LogP) is 1.50. The zero-order valence-electron chi connectivity index (χ0n) is 11.3. The first-order chi connectivity index (χ1) is 9.18. The Labute approximate surface area is 113 Å². The van der Waals surface area contributed by atoms with Crippen LogP contribution in [0, 0.1) is 5.92 Å². The van der Waals surface area contributed by atoms with Crippen molar-refractivity contribution >= 4 is 0 Å². The number of nitrogens with one attached hydrogen (secondary N) is 1. The normalized spacial score (nSPS) is 33.8. The number of rotatable bonds is 3. The van der Waals surface area contributed by atoms with Gasteiger partial charge in [-0.05, 0) is 6.07 Å². The Bertz CT molecular complexity index is 443. The van der Waals surface area contributed by atoms with Crippen molar-refractivity contribution in [2.45, 2.75) is 25.0 Å². The van der Waals surface area contributed by atoms with Crippen LogP contribution in [0.1, 0.15) is 24.9 Å². The van der Waals surface area contributed by atoms with Gasteiger partial charge in [0.2, 0.25) is 0 Å². The lowest BCUT2D eigenvalue weighted by Crippen LogP contribution is -2.45. The van der Waals surface area contributed by atoms with Crippen LogP contribution in [0.15, 0.2) is 24.3 Å². The van der Waals surface area contributed by atoms with Crippen LogP contribution in [0.25, 0.3) is 0 Å². The molecule has 0 saturated carbocycles. The Balaban J connectivity index is 1.73. The third-order valence-corrected chi connectivity index (χ3v) is 4.06. The van der Waals surface area contributed by atoms with Crippen LogP contribution in [0.2, 0.25) is 0 Å². The smallest absolute Gasteiger partial charge is 0.124 e. The van der Waals surface area contributed by atoms with E-state index in [2.05, 4.69) is 18.3 Å². The van der Waals surface area contributed by atoms with Gasteiger partial charge >= 0.3 is 0 Å². The molecule has 2 aliphatic rings. The first-order valence-electron chi connectivity index (χ1n) is 6.93. The maximum absolute atomic E-state index is 10.3. The maximum Gasteiger partial charge on any atom is 0.124 e. The number of ether oxygens (including phenoxy) is 2. The molecule has 0 radical (unpaired) electrons. The van der Waals surface area contributed by atoms with Crippen molar-refractivity contribution in [2.24, 2.45) is 5.92 Å². The standard InChI is InChI=1S/C15H21NO3/c1-11-8-19-13-5-3-2-4-12(13)14(11)16-9-15(17)6-7-18-10-15/h2-5,11,14,16-17H,6-10H2,1H3. The number of fused-ring (bicyclic) bond motifs is 1. The highest BCUT2D eigenvalue weighted by molar-refractivity contribution is 5.37. The lowest BCUT2D eigenvalue weighted by Gasteiger charge is -2.34. The zero-order valence-corrected chi connectivity index (χ0v) is 11.3. The predicted molar refractivity (Wildman–Crippen MR) is 72.2 cm³/mol. The molecule has 1 fully saturated rings. The Morgan fingerprint density at radius 1 is 1.42 bits per heavy atom. The summed E-state index contributed by atoms with van der Waals surface area (Å²) < 4.78 is 11.0. The molecule has 4 nitrogen and oxygen atoms in total. The Morgan fingerprint density at radius 2 is 2.26 bits per heavy atom. The lowest BCUT2D eigenvalue weighted by molar-refractivity contribution is 0.0212. The molecule has 0 bridgehead atoms. The van der Waals surface area contributed by atoms with Crippen molar-refractivity contribution < 1.29 is 14.6 Å². The third-order valence-electron chi connectivity index (χ3n) is 4.06. The quantitative estimate of drug-likeness (QED) is 0.867. The first-order valence-corrected chi connectivity index (χ1v) is 6.93. The highest BCUT2D eigenvalue weighted by Crippen LogP contribution is 2.35. The van der Waals surface area contributed by atoms with Crippen molar-refractivity contribution in [3.63, 3.8) is 0 Å². The molecule has 2 N–H and O–H groups in total. The van der Waals surface area contributed by atoms with Crippen molar-refractivity contribution in [3.8, 4) is 5.75 Å². The van der Waals surface area contributed by atoms with Gasteiger partial charge in [0, 0.05) is 37.1 Å². The average molecular weight is 263 g/mol. The van der Waals surface area contributed by atoms with E-state index in [1.165, 1.54) is 5.56 Å². The van der Waals surface area contributed by atoms with Crippen molar-refractivity contribution in [1.29, 1.82) is 0 Å². The van der Waals surface area contributed by atoms with Gasteiger partial charge in [0.05, 0.1) is 13.2 Å². The fourth-order valence-electron chi connectivity index (χ4n) is 2.84. The second kappa shape index (κ2) is 5.12. The first kappa shape index (κ1) is 12.9. The topological polar surface area (TPSA) is 50.7 Å². The summed E-state index contributed by atoms with van der Waals surface area (Å²) in [4.78, 5) is 0. The van der Waals surface area contributed by atoms with Crippen molar-refractivity contribution in [1.82, 2.24) is 5.32 Å². The SMILES string of the molecule is CC1COc2ccccc2C1NCC1(O)CCOC1. The van der Waals surface area contributed by atoms with Crippen LogP contribution in [0.4, 0.5) is 0 Å². The molecule has 0 aliphatic carbocycles. The molecule has 1 saturated heterocycles. The Morgan fingerprint density at radius 3 is 3.05 bits per heavy atom. The monoisotopic (exact) mass is 263 g/mol.